The third-order valence-corrected chi connectivity index (χ3v) is 2.77. The molecule has 6 nitrogen and oxygen atoms in total. The number of morpholine rings is 1. The third kappa shape index (κ3) is 2.78. The first kappa shape index (κ1) is 11.9. The van der Waals surface area contributed by atoms with Gasteiger partial charge in [0.05, 0.1) is 18.2 Å². The molecule has 1 atom stereocenters. The summed E-state index contributed by atoms with van der Waals surface area (Å²) < 4.78 is 5.39. The van der Waals surface area contributed by atoms with E-state index in [9.17, 15) is 0 Å². The van der Waals surface area contributed by atoms with E-state index in [4.69, 9.17) is 27.3 Å². The van der Waals surface area contributed by atoms with Gasteiger partial charge in [-0.1, -0.05) is 16.8 Å². The van der Waals surface area contributed by atoms with Crippen LogP contribution in [0.4, 0.5) is 5.82 Å². The number of halogens is 1. The first-order valence-corrected chi connectivity index (χ1v) is 5.54. The lowest BCUT2D eigenvalue weighted by atomic mass is 10.2. The largest absolute Gasteiger partial charge is 0.409 e. The quantitative estimate of drug-likeness (QED) is 0.352. The number of pyridine rings is 1. The van der Waals surface area contributed by atoms with Gasteiger partial charge in [0, 0.05) is 12.7 Å². The van der Waals surface area contributed by atoms with Crippen LogP contribution in [-0.2, 0) is 4.74 Å². The summed E-state index contributed by atoms with van der Waals surface area (Å²) >= 11 is 5.77. The van der Waals surface area contributed by atoms with Crippen molar-refractivity contribution in [3.8, 4) is 0 Å². The van der Waals surface area contributed by atoms with Crippen molar-refractivity contribution in [3.63, 3.8) is 0 Å². The van der Waals surface area contributed by atoms with Gasteiger partial charge in [-0.3, -0.25) is 0 Å². The maximum absolute atomic E-state index is 8.61. The van der Waals surface area contributed by atoms with Crippen molar-refractivity contribution in [3.05, 3.63) is 23.4 Å². The van der Waals surface area contributed by atoms with Gasteiger partial charge in [0.2, 0.25) is 0 Å². The summed E-state index contributed by atoms with van der Waals surface area (Å²) in [4.78, 5) is 6.22. The lowest BCUT2D eigenvalue weighted by Gasteiger charge is -2.32. The van der Waals surface area contributed by atoms with Crippen molar-refractivity contribution >= 4 is 23.3 Å². The average Bonchev–Trinajstić information content (AvgIpc) is 2.39. The zero-order chi connectivity index (χ0) is 12.3. The molecule has 2 heterocycles. The molecule has 0 aliphatic carbocycles. The van der Waals surface area contributed by atoms with Crippen molar-refractivity contribution in [1.29, 1.82) is 0 Å². The zero-order valence-corrected chi connectivity index (χ0v) is 9.84. The molecule has 1 aromatic heterocycles. The topological polar surface area (TPSA) is 84.0 Å². The molecule has 1 unspecified atom stereocenters. The third-order valence-electron chi connectivity index (χ3n) is 2.55. The monoisotopic (exact) mass is 256 g/mol. The van der Waals surface area contributed by atoms with E-state index in [-0.39, 0.29) is 5.84 Å². The SMILES string of the molecule is NC(=NO)C1CN(c2ccc(Cl)cn2)CCO1. The Kier molecular flexibility index (Phi) is 3.65. The zero-order valence-electron chi connectivity index (χ0n) is 9.08. The number of nitrogens with two attached hydrogens (primary N) is 1. The summed E-state index contributed by atoms with van der Waals surface area (Å²) in [7, 11) is 0. The van der Waals surface area contributed by atoms with Gasteiger partial charge in [0.25, 0.3) is 0 Å². The smallest absolute Gasteiger partial charge is 0.170 e. The standard InChI is InChI=1S/C10H13ClN4O2/c11-7-1-2-9(13-5-7)15-3-4-17-8(6-15)10(12)14-16/h1-2,5,8,16H,3-4,6H2,(H2,12,14). The Balaban J connectivity index is 2.09. The van der Waals surface area contributed by atoms with Gasteiger partial charge >= 0.3 is 0 Å². The minimum absolute atomic E-state index is 0.0728. The maximum Gasteiger partial charge on any atom is 0.170 e. The number of nitrogens with zero attached hydrogens (tertiary/aromatic N) is 3. The van der Waals surface area contributed by atoms with Gasteiger partial charge in [-0.05, 0) is 12.1 Å². The van der Waals surface area contributed by atoms with Crippen LogP contribution in [0.5, 0.6) is 0 Å². The van der Waals surface area contributed by atoms with E-state index in [1.165, 1.54) is 0 Å². The summed E-state index contributed by atoms with van der Waals surface area (Å²) in [5.41, 5.74) is 5.52. The van der Waals surface area contributed by atoms with Gasteiger partial charge in [-0.25, -0.2) is 4.98 Å². The van der Waals surface area contributed by atoms with Crippen molar-refractivity contribution in [2.45, 2.75) is 6.10 Å². The molecule has 7 heteroatoms. The number of ether oxygens (including phenoxy) is 1. The molecule has 1 aliphatic heterocycles. The molecule has 0 saturated carbocycles. The molecule has 1 aromatic rings. The molecule has 0 bridgehead atoms. The van der Waals surface area contributed by atoms with Crippen LogP contribution in [0, 0.1) is 0 Å². The highest BCUT2D eigenvalue weighted by atomic mass is 35.5. The van der Waals surface area contributed by atoms with E-state index >= 15 is 0 Å². The lowest BCUT2D eigenvalue weighted by Crippen LogP contribution is -2.48. The van der Waals surface area contributed by atoms with Crippen LogP contribution in [0.25, 0.3) is 0 Å². The Morgan fingerprint density at radius 2 is 2.47 bits per heavy atom. The van der Waals surface area contributed by atoms with Gasteiger partial charge in [-0.15, -0.1) is 0 Å². The Hall–Kier alpha value is -1.53. The van der Waals surface area contributed by atoms with E-state index < -0.39 is 6.10 Å². The molecule has 0 radical (unpaired) electrons. The number of oxime groups is 1. The molecule has 0 aromatic carbocycles. The van der Waals surface area contributed by atoms with Gasteiger partial charge in [0.1, 0.15) is 11.9 Å². The fourth-order valence-corrected chi connectivity index (χ4v) is 1.77. The Morgan fingerprint density at radius 1 is 1.65 bits per heavy atom. The predicted octanol–water partition coefficient (Wildman–Crippen LogP) is 0.687. The maximum atomic E-state index is 8.61. The summed E-state index contributed by atoms with van der Waals surface area (Å²) in [6.45, 7) is 1.72. The number of hydrogen-bond acceptors (Lipinski definition) is 5. The van der Waals surface area contributed by atoms with Crippen LogP contribution >= 0.6 is 11.6 Å². The molecule has 2 rings (SSSR count). The van der Waals surface area contributed by atoms with E-state index in [0.717, 1.165) is 5.82 Å². The number of anilines is 1. The molecule has 92 valence electrons. The highest BCUT2D eigenvalue weighted by molar-refractivity contribution is 6.30. The molecule has 1 fully saturated rings. The number of rotatable bonds is 2. The lowest BCUT2D eigenvalue weighted by molar-refractivity contribution is 0.0804. The second-order valence-electron chi connectivity index (χ2n) is 3.66. The summed E-state index contributed by atoms with van der Waals surface area (Å²) in [5.74, 6) is 0.872. The fourth-order valence-electron chi connectivity index (χ4n) is 1.66. The molecule has 0 amide bonds. The van der Waals surface area contributed by atoms with Crippen LogP contribution in [-0.4, -0.2) is 41.8 Å². The number of aromatic nitrogens is 1. The molecular formula is C10H13ClN4O2. The van der Waals surface area contributed by atoms with Crippen molar-refractivity contribution < 1.29 is 9.94 Å². The average molecular weight is 257 g/mol. The van der Waals surface area contributed by atoms with Crippen LogP contribution in [0.1, 0.15) is 0 Å². The first-order valence-electron chi connectivity index (χ1n) is 5.16. The highest BCUT2D eigenvalue weighted by Gasteiger charge is 2.24. The Bertz CT molecular complexity index is 409. The summed E-state index contributed by atoms with van der Waals surface area (Å²) in [5, 5.41) is 12.2. The van der Waals surface area contributed by atoms with E-state index in [1.54, 1.807) is 12.3 Å². The molecule has 1 saturated heterocycles. The minimum Gasteiger partial charge on any atom is -0.409 e. The molecular weight excluding hydrogens is 244 g/mol. The minimum atomic E-state index is -0.411. The van der Waals surface area contributed by atoms with E-state index in [2.05, 4.69) is 10.1 Å². The van der Waals surface area contributed by atoms with E-state index in [0.29, 0.717) is 24.7 Å². The van der Waals surface area contributed by atoms with Crippen LogP contribution in [0.2, 0.25) is 5.02 Å². The number of amidine groups is 1. The van der Waals surface area contributed by atoms with Crippen LogP contribution < -0.4 is 10.6 Å². The first-order chi connectivity index (χ1) is 8.20. The van der Waals surface area contributed by atoms with Crippen LogP contribution in [0.15, 0.2) is 23.5 Å². The number of hydrogen-bond donors (Lipinski definition) is 2. The molecule has 3 N–H and O–H groups in total. The Morgan fingerprint density at radius 3 is 3.12 bits per heavy atom. The van der Waals surface area contributed by atoms with Crippen molar-refractivity contribution in [1.82, 2.24) is 4.98 Å². The van der Waals surface area contributed by atoms with E-state index in [1.807, 2.05) is 11.0 Å². The summed E-state index contributed by atoms with van der Waals surface area (Å²) in [6.07, 6.45) is 1.18. The van der Waals surface area contributed by atoms with Gasteiger partial charge in [0.15, 0.2) is 5.84 Å². The Labute approximate surface area is 104 Å². The highest BCUT2D eigenvalue weighted by Crippen LogP contribution is 2.17. The predicted molar refractivity (Wildman–Crippen MR) is 64.6 cm³/mol. The molecule has 17 heavy (non-hydrogen) atoms. The van der Waals surface area contributed by atoms with Gasteiger partial charge in [-0.2, -0.15) is 0 Å². The fraction of sp³-hybridized carbons (Fsp3) is 0.400. The van der Waals surface area contributed by atoms with Crippen LogP contribution in [0.3, 0.4) is 0 Å². The van der Waals surface area contributed by atoms with Gasteiger partial charge < -0.3 is 20.6 Å². The molecule has 0 spiro atoms. The normalized spacial score (nSPS) is 21.6. The second-order valence-corrected chi connectivity index (χ2v) is 4.10. The van der Waals surface area contributed by atoms with Crippen molar-refractivity contribution in [2.24, 2.45) is 10.9 Å². The molecule has 1 aliphatic rings. The summed E-state index contributed by atoms with van der Waals surface area (Å²) in [6, 6.07) is 3.61. The van der Waals surface area contributed by atoms with Crippen molar-refractivity contribution in [2.75, 3.05) is 24.6 Å². The second kappa shape index (κ2) is 5.20.